The molecule has 0 radical (unpaired) electrons. The van der Waals surface area contributed by atoms with Crippen LogP contribution in [0.2, 0.25) is 0 Å². The Morgan fingerprint density at radius 3 is 2.25 bits per heavy atom. The van der Waals surface area contributed by atoms with Crippen molar-refractivity contribution < 1.29 is 0 Å². The summed E-state index contributed by atoms with van der Waals surface area (Å²) in [5.41, 5.74) is 2.39. The van der Waals surface area contributed by atoms with Crippen LogP contribution in [-0.2, 0) is 0 Å². The predicted octanol–water partition coefficient (Wildman–Crippen LogP) is 3.20. The standard InChI is InChI=1S/C11H21N/c1-7-8-10(4)12(6)11(5)9(2)3/h11H,2,4,7-8H2,1,3,5-6H3. The first kappa shape index (κ1) is 11.3. The third-order valence-corrected chi connectivity index (χ3v) is 2.33. The number of allylic oxidation sites excluding steroid dienone is 1. The van der Waals surface area contributed by atoms with Crippen LogP contribution in [0.4, 0.5) is 0 Å². The summed E-state index contributed by atoms with van der Waals surface area (Å²) < 4.78 is 0. The van der Waals surface area contributed by atoms with Gasteiger partial charge >= 0.3 is 0 Å². The summed E-state index contributed by atoms with van der Waals surface area (Å²) in [7, 11) is 2.08. The third kappa shape index (κ3) is 3.12. The van der Waals surface area contributed by atoms with Gasteiger partial charge in [-0.05, 0) is 20.3 Å². The van der Waals surface area contributed by atoms with Crippen molar-refractivity contribution in [2.75, 3.05) is 7.05 Å². The van der Waals surface area contributed by atoms with Crippen LogP contribution >= 0.6 is 0 Å². The first-order chi connectivity index (χ1) is 5.50. The minimum atomic E-state index is 0.407. The maximum atomic E-state index is 4.03. The molecule has 0 aliphatic heterocycles. The molecule has 70 valence electrons. The highest BCUT2D eigenvalue weighted by Gasteiger charge is 2.09. The van der Waals surface area contributed by atoms with Crippen LogP contribution in [0.3, 0.4) is 0 Å². The van der Waals surface area contributed by atoms with Crippen LogP contribution < -0.4 is 0 Å². The fourth-order valence-electron chi connectivity index (χ4n) is 1.07. The molecule has 0 aromatic rings. The Morgan fingerprint density at radius 2 is 1.92 bits per heavy atom. The molecule has 12 heavy (non-hydrogen) atoms. The predicted molar refractivity (Wildman–Crippen MR) is 56.1 cm³/mol. The minimum absolute atomic E-state index is 0.407. The normalized spacial score (nSPS) is 12.3. The quantitative estimate of drug-likeness (QED) is 0.568. The van der Waals surface area contributed by atoms with E-state index in [1.807, 2.05) is 0 Å². The molecule has 0 rings (SSSR count). The zero-order valence-electron chi connectivity index (χ0n) is 8.85. The smallest absolute Gasteiger partial charge is 0.0462 e. The molecule has 0 fully saturated rings. The molecular formula is C11H21N. The Labute approximate surface area is 76.8 Å². The lowest BCUT2D eigenvalue weighted by molar-refractivity contribution is 0.348. The number of likely N-dealkylation sites (N-methyl/N-ethyl adjacent to an activating group) is 1. The zero-order valence-corrected chi connectivity index (χ0v) is 8.85. The molecule has 0 heterocycles. The van der Waals surface area contributed by atoms with E-state index < -0.39 is 0 Å². The summed E-state index contributed by atoms with van der Waals surface area (Å²) in [5, 5.41) is 0. The Kier molecular flexibility index (Phi) is 4.72. The molecule has 1 atom stereocenters. The average molecular weight is 167 g/mol. The van der Waals surface area contributed by atoms with Crippen LogP contribution in [0.15, 0.2) is 24.4 Å². The van der Waals surface area contributed by atoms with E-state index >= 15 is 0 Å². The molecule has 1 unspecified atom stereocenters. The van der Waals surface area contributed by atoms with Gasteiger partial charge in [0, 0.05) is 18.8 Å². The zero-order chi connectivity index (χ0) is 9.72. The summed E-state index contributed by atoms with van der Waals surface area (Å²) in [4.78, 5) is 2.20. The van der Waals surface area contributed by atoms with E-state index in [0.29, 0.717) is 6.04 Å². The number of nitrogens with zero attached hydrogens (tertiary/aromatic N) is 1. The maximum Gasteiger partial charge on any atom is 0.0462 e. The van der Waals surface area contributed by atoms with Gasteiger partial charge in [-0.25, -0.2) is 0 Å². The first-order valence-electron chi connectivity index (χ1n) is 4.56. The number of hydrogen-bond donors (Lipinski definition) is 0. The van der Waals surface area contributed by atoms with Gasteiger partial charge in [0.2, 0.25) is 0 Å². The van der Waals surface area contributed by atoms with E-state index in [9.17, 15) is 0 Å². The minimum Gasteiger partial charge on any atom is -0.372 e. The van der Waals surface area contributed by atoms with Crippen molar-refractivity contribution in [3.63, 3.8) is 0 Å². The lowest BCUT2D eigenvalue weighted by Gasteiger charge is -2.29. The highest BCUT2D eigenvalue weighted by molar-refractivity contribution is 5.06. The van der Waals surface area contributed by atoms with Gasteiger partial charge in [0.15, 0.2) is 0 Å². The van der Waals surface area contributed by atoms with E-state index in [1.54, 1.807) is 0 Å². The van der Waals surface area contributed by atoms with E-state index in [4.69, 9.17) is 0 Å². The highest BCUT2D eigenvalue weighted by Crippen LogP contribution is 2.14. The summed E-state index contributed by atoms with van der Waals surface area (Å²) in [6, 6.07) is 0.407. The summed E-state index contributed by atoms with van der Waals surface area (Å²) in [5.74, 6) is 0. The van der Waals surface area contributed by atoms with Crippen molar-refractivity contribution in [3.05, 3.63) is 24.4 Å². The first-order valence-corrected chi connectivity index (χ1v) is 4.56. The fourth-order valence-corrected chi connectivity index (χ4v) is 1.07. The van der Waals surface area contributed by atoms with Gasteiger partial charge in [-0.15, -0.1) is 0 Å². The van der Waals surface area contributed by atoms with Crippen molar-refractivity contribution in [2.45, 2.75) is 39.7 Å². The summed E-state index contributed by atoms with van der Waals surface area (Å²) in [6.07, 6.45) is 2.24. The Morgan fingerprint density at radius 1 is 1.42 bits per heavy atom. The van der Waals surface area contributed by atoms with Crippen LogP contribution in [0.1, 0.15) is 33.6 Å². The van der Waals surface area contributed by atoms with E-state index in [-0.39, 0.29) is 0 Å². The van der Waals surface area contributed by atoms with Crippen molar-refractivity contribution >= 4 is 0 Å². The van der Waals surface area contributed by atoms with Crippen molar-refractivity contribution in [3.8, 4) is 0 Å². The lowest BCUT2D eigenvalue weighted by Crippen LogP contribution is -2.28. The van der Waals surface area contributed by atoms with Crippen LogP contribution in [-0.4, -0.2) is 18.0 Å². The van der Waals surface area contributed by atoms with Crippen LogP contribution in [0.5, 0.6) is 0 Å². The number of rotatable bonds is 5. The van der Waals surface area contributed by atoms with Gasteiger partial charge in [0.05, 0.1) is 0 Å². The van der Waals surface area contributed by atoms with Gasteiger partial charge in [0.25, 0.3) is 0 Å². The third-order valence-electron chi connectivity index (χ3n) is 2.33. The molecule has 0 spiro atoms. The van der Waals surface area contributed by atoms with Crippen molar-refractivity contribution in [1.29, 1.82) is 0 Å². The average Bonchev–Trinajstić information content (AvgIpc) is 2.02. The molecule has 0 bridgehead atoms. The molecule has 0 saturated carbocycles. The van der Waals surface area contributed by atoms with Crippen LogP contribution in [0, 0.1) is 0 Å². The topological polar surface area (TPSA) is 3.24 Å². The van der Waals surface area contributed by atoms with E-state index in [0.717, 1.165) is 12.8 Å². The molecule has 1 heteroatoms. The van der Waals surface area contributed by atoms with Gasteiger partial charge in [-0.2, -0.15) is 0 Å². The molecule has 0 aliphatic carbocycles. The Bertz CT molecular complexity index is 170. The van der Waals surface area contributed by atoms with Crippen LogP contribution in [0.25, 0.3) is 0 Å². The van der Waals surface area contributed by atoms with E-state index in [2.05, 4.69) is 45.9 Å². The monoisotopic (exact) mass is 167 g/mol. The molecule has 0 aromatic heterocycles. The van der Waals surface area contributed by atoms with E-state index in [1.165, 1.54) is 11.3 Å². The lowest BCUT2D eigenvalue weighted by atomic mass is 10.1. The molecular weight excluding hydrogens is 146 g/mol. The summed E-state index contributed by atoms with van der Waals surface area (Å²) >= 11 is 0. The SMILES string of the molecule is C=C(C)C(C)N(C)C(=C)CCC. The maximum absolute atomic E-state index is 4.03. The Balaban J connectivity index is 4.09. The molecule has 0 saturated heterocycles. The molecule has 1 nitrogen and oxygen atoms in total. The van der Waals surface area contributed by atoms with Gasteiger partial charge in [-0.1, -0.05) is 32.1 Å². The van der Waals surface area contributed by atoms with Gasteiger partial charge in [0.1, 0.15) is 0 Å². The van der Waals surface area contributed by atoms with Crippen molar-refractivity contribution in [2.24, 2.45) is 0 Å². The van der Waals surface area contributed by atoms with Crippen molar-refractivity contribution in [1.82, 2.24) is 4.90 Å². The largest absolute Gasteiger partial charge is 0.372 e. The van der Waals surface area contributed by atoms with Gasteiger partial charge in [-0.3, -0.25) is 0 Å². The number of hydrogen-bond acceptors (Lipinski definition) is 1. The second-order valence-electron chi connectivity index (χ2n) is 3.45. The molecule has 0 N–H and O–H groups in total. The molecule has 0 aliphatic rings. The molecule has 0 aromatic carbocycles. The highest BCUT2D eigenvalue weighted by atomic mass is 15.1. The molecule has 0 amide bonds. The summed E-state index contributed by atoms with van der Waals surface area (Å²) in [6.45, 7) is 14.4. The van der Waals surface area contributed by atoms with Gasteiger partial charge < -0.3 is 4.90 Å². The Hall–Kier alpha value is -0.720. The second-order valence-corrected chi connectivity index (χ2v) is 3.45. The fraction of sp³-hybridized carbons (Fsp3) is 0.636. The second kappa shape index (κ2) is 5.02.